The molecule has 0 aliphatic carbocycles. The van der Waals surface area contributed by atoms with Crippen molar-refractivity contribution in [1.29, 1.82) is 0 Å². The number of ketones is 1. The van der Waals surface area contributed by atoms with E-state index in [4.69, 9.17) is 4.42 Å². The first-order valence-electron chi connectivity index (χ1n) is 8.66. The van der Waals surface area contributed by atoms with Crippen molar-refractivity contribution in [3.05, 3.63) is 52.6 Å². The highest BCUT2D eigenvalue weighted by atomic mass is 32.2. The fourth-order valence-corrected chi connectivity index (χ4v) is 4.43. The zero-order chi connectivity index (χ0) is 20.6. The first kappa shape index (κ1) is 20.6. The lowest BCUT2D eigenvalue weighted by molar-refractivity contribution is 0.102. The van der Waals surface area contributed by atoms with Gasteiger partial charge in [0.15, 0.2) is 11.4 Å². The Morgan fingerprint density at radius 3 is 2.43 bits per heavy atom. The molecule has 148 valence electrons. The molecule has 0 spiro atoms. The van der Waals surface area contributed by atoms with Gasteiger partial charge in [0.1, 0.15) is 5.52 Å². The van der Waals surface area contributed by atoms with Gasteiger partial charge in [0, 0.05) is 19.7 Å². The van der Waals surface area contributed by atoms with Gasteiger partial charge < -0.3 is 4.42 Å². The van der Waals surface area contributed by atoms with E-state index >= 15 is 0 Å². The van der Waals surface area contributed by atoms with Gasteiger partial charge in [-0.25, -0.2) is 17.7 Å². The van der Waals surface area contributed by atoms with E-state index < -0.39 is 10.0 Å². The fraction of sp³-hybridized carbons (Fsp3) is 0.300. The summed E-state index contributed by atoms with van der Waals surface area (Å²) in [5.41, 5.74) is 4.81. The Labute approximate surface area is 169 Å². The molecule has 1 aromatic heterocycles. The predicted molar refractivity (Wildman–Crippen MR) is 111 cm³/mol. The normalized spacial score (nSPS) is 12.1. The molecular weight excluding hydrogens is 396 g/mol. The van der Waals surface area contributed by atoms with E-state index in [0.717, 1.165) is 21.0 Å². The molecule has 0 amide bonds. The van der Waals surface area contributed by atoms with Crippen LogP contribution in [0.1, 0.15) is 27.0 Å². The van der Waals surface area contributed by atoms with Crippen LogP contribution in [0.25, 0.3) is 11.1 Å². The van der Waals surface area contributed by atoms with E-state index in [1.54, 1.807) is 6.07 Å². The Bertz CT molecular complexity index is 1160. The van der Waals surface area contributed by atoms with Gasteiger partial charge in [-0.1, -0.05) is 17.8 Å². The number of hydrogen-bond donors (Lipinski definition) is 0. The molecule has 3 rings (SSSR count). The second-order valence-corrected chi connectivity index (χ2v) is 9.94. The number of oxazole rings is 1. The summed E-state index contributed by atoms with van der Waals surface area (Å²) < 4.78 is 31.3. The Morgan fingerprint density at radius 2 is 1.75 bits per heavy atom. The first-order chi connectivity index (χ1) is 13.1. The monoisotopic (exact) mass is 418 g/mol. The van der Waals surface area contributed by atoms with Crippen molar-refractivity contribution in [2.75, 3.05) is 19.8 Å². The Balaban J connectivity index is 1.80. The topological polar surface area (TPSA) is 80.5 Å². The van der Waals surface area contributed by atoms with Crippen molar-refractivity contribution in [2.45, 2.75) is 30.9 Å². The molecular formula is C20H22N2O4S2. The first-order valence-corrected chi connectivity index (χ1v) is 11.1. The lowest BCUT2D eigenvalue weighted by Gasteiger charge is -2.10. The smallest absolute Gasteiger partial charge is 0.257 e. The van der Waals surface area contributed by atoms with Crippen LogP contribution < -0.4 is 0 Å². The molecule has 0 fully saturated rings. The van der Waals surface area contributed by atoms with Crippen LogP contribution in [0.3, 0.4) is 0 Å². The lowest BCUT2D eigenvalue weighted by atomic mass is 9.99. The second-order valence-electron chi connectivity index (χ2n) is 6.86. The van der Waals surface area contributed by atoms with Crippen LogP contribution in [0.15, 0.2) is 44.9 Å². The molecule has 0 N–H and O–H groups in total. The van der Waals surface area contributed by atoms with Gasteiger partial charge in [0.2, 0.25) is 10.0 Å². The number of hydrogen-bond acceptors (Lipinski definition) is 6. The number of aromatic nitrogens is 1. The largest absolute Gasteiger partial charge is 0.431 e. The van der Waals surface area contributed by atoms with Crippen LogP contribution in [0, 0.1) is 20.8 Å². The quantitative estimate of drug-likeness (QED) is 0.445. The van der Waals surface area contributed by atoms with Gasteiger partial charge in [0.05, 0.1) is 10.6 Å². The summed E-state index contributed by atoms with van der Waals surface area (Å²) in [6, 6.07) is 8.48. The van der Waals surface area contributed by atoms with Crippen molar-refractivity contribution in [3.8, 4) is 0 Å². The molecule has 0 saturated heterocycles. The number of carbonyl (C=O) groups is 1. The average Bonchev–Trinajstić information content (AvgIpc) is 3.04. The third kappa shape index (κ3) is 3.99. The second kappa shape index (κ2) is 7.69. The molecule has 2 aromatic carbocycles. The highest BCUT2D eigenvalue weighted by molar-refractivity contribution is 7.99. The van der Waals surface area contributed by atoms with Gasteiger partial charge in [-0.3, -0.25) is 4.79 Å². The molecule has 6 nitrogen and oxygen atoms in total. The van der Waals surface area contributed by atoms with E-state index in [-0.39, 0.29) is 16.4 Å². The maximum atomic E-state index is 12.6. The van der Waals surface area contributed by atoms with E-state index in [0.29, 0.717) is 21.9 Å². The van der Waals surface area contributed by atoms with E-state index in [1.165, 1.54) is 38.0 Å². The zero-order valence-corrected chi connectivity index (χ0v) is 18.1. The maximum Gasteiger partial charge on any atom is 0.257 e. The Kier molecular flexibility index (Phi) is 5.65. The molecule has 0 unspecified atom stereocenters. The average molecular weight is 419 g/mol. The molecule has 3 aromatic rings. The summed E-state index contributed by atoms with van der Waals surface area (Å²) in [4.78, 5) is 17.1. The van der Waals surface area contributed by atoms with Crippen LogP contribution in [-0.4, -0.2) is 43.3 Å². The summed E-state index contributed by atoms with van der Waals surface area (Å²) in [5, 5.41) is 0.337. The SMILES string of the molecule is Cc1cc(C)c(C(=O)CSc2nc3cc(S(=O)(=O)N(C)C)ccc3o2)cc1C. The van der Waals surface area contributed by atoms with Crippen LogP contribution in [0.2, 0.25) is 0 Å². The Morgan fingerprint density at radius 1 is 1.07 bits per heavy atom. The van der Waals surface area contributed by atoms with E-state index in [9.17, 15) is 13.2 Å². The summed E-state index contributed by atoms with van der Waals surface area (Å²) in [6.07, 6.45) is 0. The minimum atomic E-state index is -3.54. The minimum Gasteiger partial charge on any atom is -0.431 e. The highest BCUT2D eigenvalue weighted by Gasteiger charge is 2.19. The standard InChI is InChI=1S/C20H22N2O4S2/c1-12-8-14(3)16(9-13(12)2)18(23)11-27-20-21-17-10-15(6-7-19(17)26-20)28(24,25)22(4)5/h6-10H,11H2,1-5H3. The number of nitrogens with zero attached hydrogens (tertiary/aromatic N) is 2. The zero-order valence-electron chi connectivity index (χ0n) is 16.4. The van der Waals surface area contributed by atoms with Gasteiger partial charge in [0.25, 0.3) is 5.22 Å². The van der Waals surface area contributed by atoms with Gasteiger partial charge in [-0.15, -0.1) is 0 Å². The number of rotatable bonds is 6. The Hall–Kier alpha value is -2.16. The van der Waals surface area contributed by atoms with Crippen molar-refractivity contribution in [2.24, 2.45) is 0 Å². The van der Waals surface area contributed by atoms with Crippen LogP contribution in [0.4, 0.5) is 0 Å². The third-order valence-corrected chi connectivity index (χ3v) is 7.23. The number of thioether (sulfide) groups is 1. The fourth-order valence-electron chi connectivity index (χ4n) is 2.79. The maximum absolute atomic E-state index is 12.6. The molecule has 0 bridgehead atoms. The number of sulfonamides is 1. The number of benzene rings is 2. The van der Waals surface area contributed by atoms with Crippen LogP contribution in [-0.2, 0) is 10.0 Å². The molecule has 0 saturated carbocycles. The van der Waals surface area contributed by atoms with Crippen molar-refractivity contribution >= 4 is 38.7 Å². The number of carbonyl (C=O) groups excluding carboxylic acids is 1. The number of Topliss-reactive ketones (excluding diaryl/α,β-unsaturated/α-hetero) is 1. The van der Waals surface area contributed by atoms with E-state index in [2.05, 4.69) is 4.98 Å². The number of fused-ring (bicyclic) bond motifs is 1. The minimum absolute atomic E-state index is 0.00345. The van der Waals surface area contributed by atoms with Crippen LogP contribution >= 0.6 is 11.8 Å². The lowest BCUT2D eigenvalue weighted by Crippen LogP contribution is -2.22. The molecule has 28 heavy (non-hydrogen) atoms. The van der Waals surface area contributed by atoms with Gasteiger partial charge in [-0.2, -0.15) is 0 Å². The van der Waals surface area contributed by atoms with Gasteiger partial charge >= 0.3 is 0 Å². The molecule has 1 heterocycles. The molecule has 8 heteroatoms. The summed E-state index contributed by atoms with van der Waals surface area (Å²) in [6.45, 7) is 5.93. The van der Waals surface area contributed by atoms with E-state index in [1.807, 2.05) is 32.9 Å². The van der Waals surface area contributed by atoms with Crippen LogP contribution in [0.5, 0.6) is 0 Å². The summed E-state index contributed by atoms with van der Waals surface area (Å²) in [5.74, 6) is 0.197. The predicted octanol–water partition coefficient (Wildman–Crippen LogP) is 3.98. The molecule has 0 aliphatic heterocycles. The van der Waals surface area contributed by atoms with Crippen molar-refractivity contribution in [1.82, 2.24) is 9.29 Å². The van der Waals surface area contributed by atoms with Crippen molar-refractivity contribution in [3.63, 3.8) is 0 Å². The molecule has 0 atom stereocenters. The highest BCUT2D eigenvalue weighted by Crippen LogP contribution is 2.27. The summed E-state index contributed by atoms with van der Waals surface area (Å²) >= 11 is 1.20. The van der Waals surface area contributed by atoms with Crippen molar-refractivity contribution < 1.29 is 17.6 Å². The molecule has 0 radical (unpaired) electrons. The summed E-state index contributed by atoms with van der Waals surface area (Å²) in [7, 11) is -0.590. The van der Waals surface area contributed by atoms with Gasteiger partial charge in [-0.05, 0) is 61.7 Å². The number of aryl methyl sites for hydroxylation is 3. The third-order valence-electron chi connectivity index (χ3n) is 4.59. The molecule has 0 aliphatic rings.